The fourth-order valence-corrected chi connectivity index (χ4v) is 6.42. The summed E-state index contributed by atoms with van der Waals surface area (Å²) in [5.41, 5.74) is 13.9. The second kappa shape index (κ2) is 9.85. The lowest BCUT2D eigenvalue weighted by molar-refractivity contribution is -0.154. The molecule has 11 N–H and O–H groups in total. The summed E-state index contributed by atoms with van der Waals surface area (Å²) in [5.74, 6) is -6.69. The Kier molecular flexibility index (Phi) is 7.27. The van der Waals surface area contributed by atoms with E-state index < -0.39 is 63.2 Å². The molecule has 13 heteroatoms. The Labute approximate surface area is 231 Å². The number of amides is 1. The van der Waals surface area contributed by atoms with Gasteiger partial charge < -0.3 is 47.8 Å². The summed E-state index contributed by atoms with van der Waals surface area (Å²) in [6, 6.07) is 0.387. The minimum absolute atomic E-state index is 0.0232. The lowest BCUT2D eigenvalue weighted by atomic mass is 9.55. The number of Topliss-reactive ketones (excluding diaryl/α,β-unsaturated/α-hetero) is 2. The van der Waals surface area contributed by atoms with E-state index in [9.17, 15) is 34.8 Å². The van der Waals surface area contributed by atoms with Gasteiger partial charge in [0.25, 0.3) is 5.91 Å². The molecule has 2 unspecified atom stereocenters. The molecule has 0 aliphatic heterocycles. The smallest absolute Gasteiger partial charge is 0.255 e. The number of likely N-dealkylation sites (N-methyl/N-ethyl adjacent to an activating group) is 1. The summed E-state index contributed by atoms with van der Waals surface area (Å²) < 4.78 is 0. The molecule has 0 radical (unpaired) electrons. The fraction of sp³-hybridized carbons (Fsp3) is 0.519. The van der Waals surface area contributed by atoms with Gasteiger partial charge >= 0.3 is 0 Å². The van der Waals surface area contributed by atoms with Gasteiger partial charge in [0.05, 0.1) is 22.7 Å². The molecule has 0 heterocycles. The zero-order valence-corrected chi connectivity index (χ0v) is 23.3. The number of hydrogen-bond acceptors (Lipinski definition) is 12. The molecule has 0 spiro atoms. The Balaban J connectivity index is 1.98. The average molecular weight is 559 g/mol. The highest BCUT2D eigenvalue weighted by Crippen LogP contribution is 2.54. The molecule has 1 saturated carbocycles. The predicted molar refractivity (Wildman–Crippen MR) is 147 cm³/mol. The summed E-state index contributed by atoms with van der Waals surface area (Å²) >= 11 is 0. The van der Waals surface area contributed by atoms with Crippen molar-refractivity contribution < 1.29 is 34.8 Å². The number of benzene rings is 1. The summed E-state index contributed by atoms with van der Waals surface area (Å²) in [5, 5.41) is 48.8. The van der Waals surface area contributed by atoms with Crippen LogP contribution in [0.4, 0.5) is 5.69 Å². The monoisotopic (exact) mass is 558 g/mol. The summed E-state index contributed by atoms with van der Waals surface area (Å²) in [7, 11) is 6.62. The normalized spacial score (nSPS) is 28.8. The van der Waals surface area contributed by atoms with Crippen molar-refractivity contribution in [3.8, 4) is 5.75 Å². The van der Waals surface area contributed by atoms with Gasteiger partial charge in [-0.3, -0.25) is 19.3 Å². The number of hydrogen-bond donors (Lipinski definition) is 8. The molecular weight excluding hydrogens is 520 g/mol. The van der Waals surface area contributed by atoms with Crippen LogP contribution in [-0.2, 0) is 27.3 Å². The van der Waals surface area contributed by atoms with E-state index in [0.29, 0.717) is 23.4 Å². The van der Waals surface area contributed by atoms with E-state index in [-0.39, 0.29) is 36.7 Å². The van der Waals surface area contributed by atoms with Crippen LogP contribution in [0.15, 0.2) is 23.0 Å². The number of rotatable bonds is 7. The number of aromatic hydroxyl groups is 1. The molecule has 1 amide bonds. The standard InChI is InChI=1S/C27H38N6O7/c1-11(28)9-31-10-12-6-15(32(2)3)13-7-26(30)8-14-19(33(4)5)22(36)17(25(29)39)23(37)27(14,40)24(38)18(26)21(35)16(13)20(12)34/h6,11,14,19,31,34-35,37,40H,7-10,28,30H2,1-5H3,(H2,29,39)/t11?,14-,19?,26+,27+/m0/s1. The van der Waals surface area contributed by atoms with Crippen molar-refractivity contribution in [3.05, 3.63) is 39.7 Å². The maximum Gasteiger partial charge on any atom is 0.255 e. The van der Waals surface area contributed by atoms with Crippen LogP contribution < -0.4 is 27.4 Å². The second-order valence-corrected chi connectivity index (χ2v) is 11.6. The van der Waals surface area contributed by atoms with Crippen molar-refractivity contribution in [2.24, 2.45) is 23.1 Å². The number of nitrogens with zero attached hydrogens (tertiary/aromatic N) is 2. The van der Waals surface area contributed by atoms with Gasteiger partial charge in [-0.15, -0.1) is 0 Å². The van der Waals surface area contributed by atoms with E-state index in [4.69, 9.17) is 17.2 Å². The number of carbonyl (C=O) groups excluding carboxylic acids is 3. The van der Waals surface area contributed by atoms with Crippen molar-refractivity contribution in [2.75, 3.05) is 39.6 Å². The van der Waals surface area contributed by atoms with Gasteiger partial charge in [0.15, 0.2) is 11.4 Å². The summed E-state index contributed by atoms with van der Waals surface area (Å²) in [6.07, 6.45) is -0.250. The number of anilines is 1. The van der Waals surface area contributed by atoms with Crippen LogP contribution in [0.5, 0.6) is 5.75 Å². The molecule has 4 rings (SSSR count). The number of ketones is 2. The van der Waals surface area contributed by atoms with Crippen molar-refractivity contribution >= 4 is 28.9 Å². The first-order chi connectivity index (χ1) is 18.5. The molecule has 40 heavy (non-hydrogen) atoms. The third-order valence-electron chi connectivity index (χ3n) is 8.18. The minimum Gasteiger partial charge on any atom is -0.508 e. The lowest BCUT2D eigenvalue weighted by Crippen LogP contribution is -2.70. The largest absolute Gasteiger partial charge is 0.508 e. The number of aliphatic hydroxyl groups excluding tert-OH is 2. The average Bonchev–Trinajstić information content (AvgIpc) is 2.81. The first kappa shape index (κ1) is 29.5. The number of fused-ring (bicyclic) bond motifs is 3. The number of nitrogens with two attached hydrogens (primary N) is 3. The van der Waals surface area contributed by atoms with Crippen molar-refractivity contribution in [3.63, 3.8) is 0 Å². The van der Waals surface area contributed by atoms with Crippen LogP contribution in [0.1, 0.15) is 30.0 Å². The number of nitrogens with one attached hydrogen (secondary N) is 1. The van der Waals surface area contributed by atoms with E-state index in [1.54, 1.807) is 25.1 Å². The Morgan fingerprint density at radius 2 is 1.82 bits per heavy atom. The first-order valence-corrected chi connectivity index (χ1v) is 12.9. The van der Waals surface area contributed by atoms with Crippen LogP contribution in [0.3, 0.4) is 0 Å². The molecule has 5 atom stereocenters. The van der Waals surface area contributed by atoms with Crippen molar-refractivity contribution in [1.82, 2.24) is 10.2 Å². The quantitative estimate of drug-likeness (QED) is 0.180. The van der Waals surface area contributed by atoms with Crippen molar-refractivity contribution in [1.29, 1.82) is 0 Å². The van der Waals surface area contributed by atoms with Gasteiger partial charge in [-0.05, 0) is 45.5 Å². The van der Waals surface area contributed by atoms with Crippen LogP contribution in [-0.4, -0.2) is 101 Å². The number of carbonyl (C=O) groups is 3. The highest BCUT2D eigenvalue weighted by molar-refractivity contribution is 6.24. The van der Waals surface area contributed by atoms with E-state index in [1.165, 1.54) is 19.0 Å². The van der Waals surface area contributed by atoms with E-state index in [1.807, 2.05) is 6.92 Å². The molecule has 3 aliphatic carbocycles. The van der Waals surface area contributed by atoms with Gasteiger partial charge in [0, 0.05) is 50.4 Å². The maximum atomic E-state index is 14.1. The molecule has 3 aliphatic rings. The maximum absolute atomic E-state index is 14.1. The van der Waals surface area contributed by atoms with Gasteiger partial charge in [-0.2, -0.15) is 0 Å². The van der Waals surface area contributed by atoms with Crippen LogP contribution in [0.25, 0.3) is 5.76 Å². The topological polar surface area (TPSA) is 229 Å². The van der Waals surface area contributed by atoms with Crippen LogP contribution in [0, 0.1) is 5.92 Å². The number of phenolic OH excluding ortho intramolecular Hbond substituents is 1. The van der Waals surface area contributed by atoms with E-state index in [0.717, 1.165) is 0 Å². The zero-order chi connectivity index (χ0) is 30.1. The Morgan fingerprint density at radius 3 is 2.35 bits per heavy atom. The number of primary amides is 1. The molecule has 0 bridgehead atoms. The Hall–Kier alpha value is -3.49. The summed E-state index contributed by atoms with van der Waals surface area (Å²) in [6.45, 7) is 2.48. The molecule has 0 saturated heterocycles. The SMILES string of the molecule is CC(N)CNCc1cc(N(C)C)c2c(c1O)C(O)=C1C(=O)[C@]3(O)C(O)=C(C(N)=O)C(=O)C(N(C)C)[C@@H]3C[C@]1(N)C2. The lowest BCUT2D eigenvalue weighted by Gasteiger charge is -2.53. The number of phenols is 1. The second-order valence-electron chi connectivity index (χ2n) is 11.6. The van der Waals surface area contributed by atoms with Crippen LogP contribution >= 0.6 is 0 Å². The Morgan fingerprint density at radius 1 is 1.20 bits per heavy atom. The van der Waals surface area contributed by atoms with Crippen molar-refractivity contribution in [2.45, 2.75) is 49.5 Å². The highest BCUT2D eigenvalue weighted by atomic mass is 16.3. The molecule has 1 aromatic carbocycles. The van der Waals surface area contributed by atoms with Gasteiger partial charge in [-0.25, -0.2) is 0 Å². The third-order valence-corrected chi connectivity index (χ3v) is 8.18. The zero-order valence-electron chi connectivity index (χ0n) is 23.3. The van der Waals surface area contributed by atoms with E-state index in [2.05, 4.69) is 5.32 Å². The van der Waals surface area contributed by atoms with Gasteiger partial charge in [0.1, 0.15) is 22.8 Å². The molecule has 0 aromatic heterocycles. The van der Waals surface area contributed by atoms with E-state index >= 15 is 0 Å². The Bertz CT molecular complexity index is 1370. The highest BCUT2D eigenvalue weighted by Gasteiger charge is 2.67. The van der Waals surface area contributed by atoms with Crippen LogP contribution in [0.2, 0.25) is 0 Å². The predicted octanol–water partition coefficient (Wildman–Crippen LogP) is -1.45. The molecular formula is C27H38N6O7. The first-order valence-electron chi connectivity index (χ1n) is 12.9. The molecule has 1 fully saturated rings. The third kappa shape index (κ3) is 4.16. The van der Waals surface area contributed by atoms with Gasteiger partial charge in [-0.1, -0.05) is 0 Å². The summed E-state index contributed by atoms with van der Waals surface area (Å²) in [4.78, 5) is 42.7. The molecule has 218 valence electrons. The molecule has 1 aromatic rings. The van der Waals surface area contributed by atoms with Gasteiger partial charge in [0.2, 0.25) is 5.78 Å². The minimum atomic E-state index is -2.77. The number of aliphatic hydroxyl groups is 3. The molecule has 13 nitrogen and oxygen atoms in total. The fourth-order valence-electron chi connectivity index (χ4n) is 6.42.